The molecular weight excluding hydrogens is 170 g/mol. The second-order valence-corrected chi connectivity index (χ2v) is 3.73. The van der Waals surface area contributed by atoms with E-state index in [2.05, 4.69) is 11.9 Å². The molecule has 2 aromatic rings. The van der Waals surface area contributed by atoms with Gasteiger partial charge in [0.25, 0.3) is 0 Å². The number of benzene rings is 1. The summed E-state index contributed by atoms with van der Waals surface area (Å²) in [6.07, 6.45) is 0.958. The number of aryl methyl sites for hydroxylation is 1. The normalized spacial score (nSPS) is 10.8. The molecule has 0 spiro atoms. The van der Waals surface area contributed by atoms with Crippen LogP contribution in [0, 0.1) is 0 Å². The smallest absolute Gasteiger partial charge is 0.117 e. The fourth-order valence-corrected chi connectivity index (χ4v) is 2.05. The Morgan fingerprint density at radius 3 is 3.08 bits per heavy atom. The zero-order valence-electron chi connectivity index (χ0n) is 6.74. The lowest BCUT2D eigenvalue weighted by molar-refractivity contribution is 0.476. The van der Waals surface area contributed by atoms with Gasteiger partial charge in [0.05, 0.1) is 15.2 Å². The SMILES string of the molecule is CCc1nc2ccc(O)cc2s1. The molecule has 3 heteroatoms. The predicted octanol–water partition coefficient (Wildman–Crippen LogP) is 2.56. The molecular formula is C9H9NOS. The Hall–Kier alpha value is -1.09. The average molecular weight is 179 g/mol. The van der Waals surface area contributed by atoms with Gasteiger partial charge in [0, 0.05) is 0 Å². The fraction of sp³-hybridized carbons (Fsp3) is 0.222. The van der Waals surface area contributed by atoms with Crippen molar-refractivity contribution in [2.24, 2.45) is 0 Å². The van der Waals surface area contributed by atoms with E-state index >= 15 is 0 Å². The van der Waals surface area contributed by atoms with Crippen LogP contribution in [0.25, 0.3) is 10.2 Å². The molecule has 0 aliphatic carbocycles. The van der Waals surface area contributed by atoms with E-state index in [-0.39, 0.29) is 0 Å². The lowest BCUT2D eigenvalue weighted by atomic mass is 10.3. The van der Waals surface area contributed by atoms with Crippen molar-refractivity contribution in [1.29, 1.82) is 0 Å². The highest BCUT2D eigenvalue weighted by atomic mass is 32.1. The number of aromatic nitrogens is 1. The largest absolute Gasteiger partial charge is 0.508 e. The Morgan fingerprint density at radius 2 is 2.33 bits per heavy atom. The van der Waals surface area contributed by atoms with Gasteiger partial charge in [-0.25, -0.2) is 4.98 Å². The van der Waals surface area contributed by atoms with Crippen molar-refractivity contribution in [1.82, 2.24) is 4.98 Å². The maximum Gasteiger partial charge on any atom is 0.117 e. The number of phenols is 1. The van der Waals surface area contributed by atoms with Gasteiger partial charge in [-0.2, -0.15) is 0 Å². The van der Waals surface area contributed by atoms with E-state index in [0.29, 0.717) is 5.75 Å². The van der Waals surface area contributed by atoms with Gasteiger partial charge >= 0.3 is 0 Å². The van der Waals surface area contributed by atoms with Crippen molar-refractivity contribution in [3.8, 4) is 5.75 Å². The molecule has 2 nitrogen and oxygen atoms in total. The molecule has 0 aliphatic rings. The second-order valence-electron chi connectivity index (χ2n) is 2.61. The first kappa shape index (κ1) is 7.55. The number of aromatic hydroxyl groups is 1. The fourth-order valence-electron chi connectivity index (χ4n) is 1.11. The predicted molar refractivity (Wildman–Crippen MR) is 50.7 cm³/mol. The molecule has 0 amide bonds. The summed E-state index contributed by atoms with van der Waals surface area (Å²) < 4.78 is 1.06. The quantitative estimate of drug-likeness (QED) is 0.729. The molecule has 1 heterocycles. The topological polar surface area (TPSA) is 33.1 Å². The summed E-state index contributed by atoms with van der Waals surface area (Å²) >= 11 is 1.64. The lowest BCUT2D eigenvalue weighted by Crippen LogP contribution is -1.73. The number of hydrogen-bond donors (Lipinski definition) is 1. The van der Waals surface area contributed by atoms with Gasteiger partial charge in [-0.1, -0.05) is 6.92 Å². The molecule has 1 N–H and O–H groups in total. The van der Waals surface area contributed by atoms with Crippen molar-refractivity contribution in [3.63, 3.8) is 0 Å². The van der Waals surface area contributed by atoms with Crippen molar-refractivity contribution in [2.75, 3.05) is 0 Å². The van der Waals surface area contributed by atoms with E-state index in [1.165, 1.54) is 0 Å². The number of thiazole rings is 1. The van der Waals surface area contributed by atoms with Gasteiger partial charge in [-0.05, 0) is 24.6 Å². The van der Waals surface area contributed by atoms with Gasteiger partial charge < -0.3 is 5.11 Å². The van der Waals surface area contributed by atoms with Crippen LogP contribution in [0.4, 0.5) is 0 Å². The zero-order chi connectivity index (χ0) is 8.55. The highest BCUT2D eigenvalue weighted by Gasteiger charge is 2.01. The first-order chi connectivity index (χ1) is 5.79. The molecule has 0 bridgehead atoms. The average Bonchev–Trinajstić information content (AvgIpc) is 2.46. The van der Waals surface area contributed by atoms with E-state index in [0.717, 1.165) is 21.6 Å². The zero-order valence-corrected chi connectivity index (χ0v) is 7.56. The minimum Gasteiger partial charge on any atom is -0.508 e. The summed E-state index contributed by atoms with van der Waals surface area (Å²) in [5, 5.41) is 10.3. The molecule has 0 aliphatic heterocycles. The van der Waals surface area contributed by atoms with Crippen LogP contribution in [0.5, 0.6) is 5.75 Å². The first-order valence-electron chi connectivity index (χ1n) is 3.88. The highest BCUT2D eigenvalue weighted by molar-refractivity contribution is 7.18. The molecule has 0 atom stereocenters. The summed E-state index contributed by atoms with van der Waals surface area (Å²) in [6.45, 7) is 2.08. The van der Waals surface area contributed by atoms with Crippen molar-refractivity contribution >= 4 is 21.6 Å². The molecule has 0 saturated heterocycles. The van der Waals surface area contributed by atoms with Crippen LogP contribution in [0.2, 0.25) is 0 Å². The Morgan fingerprint density at radius 1 is 1.50 bits per heavy atom. The standard InChI is InChI=1S/C9H9NOS/c1-2-9-10-7-4-3-6(11)5-8(7)12-9/h3-5,11H,2H2,1H3. The number of nitrogens with zero attached hydrogens (tertiary/aromatic N) is 1. The van der Waals surface area contributed by atoms with Gasteiger partial charge in [-0.3, -0.25) is 0 Å². The molecule has 1 aromatic carbocycles. The molecule has 12 heavy (non-hydrogen) atoms. The van der Waals surface area contributed by atoms with Crippen molar-refractivity contribution in [2.45, 2.75) is 13.3 Å². The summed E-state index contributed by atoms with van der Waals surface area (Å²) in [4.78, 5) is 4.38. The summed E-state index contributed by atoms with van der Waals surface area (Å²) in [5.41, 5.74) is 0.981. The van der Waals surface area contributed by atoms with E-state index in [1.54, 1.807) is 23.5 Å². The van der Waals surface area contributed by atoms with E-state index in [4.69, 9.17) is 0 Å². The molecule has 2 rings (SSSR count). The van der Waals surface area contributed by atoms with Crippen LogP contribution in [-0.4, -0.2) is 10.1 Å². The Kier molecular flexibility index (Phi) is 1.73. The maximum absolute atomic E-state index is 9.19. The third-order valence-electron chi connectivity index (χ3n) is 1.72. The number of fused-ring (bicyclic) bond motifs is 1. The monoisotopic (exact) mass is 179 g/mol. The first-order valence-corrected chi connectivity index (χ1v) is 4.69. The van der Waals surface area contributed by atoms with Crippen LogP contribution < -0.4 is 0 Å². The third kappa shape index (κ3) is 1.16. The lowest BCUT2D eigenvalue weighted by Gasteiger charge is -1.87. The Labute approximate surface area is 74.5 Å². The van der Waals surface area contributed by atoms with Crippen LogP contribution in [0.15, 0.2) is 18.2 Å². The van der Waals surface area contributed by atoms with E-state index in [1.807, 2.05) is 6.07 Å². The highest BCUT2D eigenvalue weighted by Crippen LogP contribution is 2.25. The Balaban J connectivity index is 2.67. The molecule has 1 aromatic heterocycles. The van der Waals surface area contributed by atoms with Gasteiger partial charge in [0.1, 0.15) is 5.75 Å². The van der Waals surface area contributed by atoms with Crippen LogP contribution in [0.1, 0.15) is 11.9 Å². The number of rotatable bonds is 1. The van der Waals surface area contributed by atoms with E-state index < -0.39 is 0 Å². The Bertz CT molecular complexity index is 408. The molecule has 0 fully saturated rings. The van der Waals surface area contributed by atoms with Gasteiger partial charge in [0.15, 0.2) is 0 Å². The second kappa shape index (κ2) is 2.75. The van der Waals surface area contributed by atoms with E-state index in [9.17, 15) is 5.11 Å². The summed E-state index contributed by atoms with van der Waals surface area (Å²) in [7, 11) is 0. The minimum atomic E-state index is 0.314. The van der Waals surface area contributed by atoms with Crippen molar-refractivity contribution < 1.29 is 5.11 Å². The van der Waals surface area contributed by atoms with Gasteiger partial charge in [-0.15, -0.1) is 11.3 Å². The summed E-state index contributed by atoms with van der Waals surface area (Å²) in [5.74, 6) is 0.314. The van der Waals surface area contributed by atoms with Crippen LogP contribution in [0.3, 0.4) is 0 Å². The molecule has 0 radical (unpaired) electrons. The molecule has 62 valence electrons. The number of phenolic OH excluding ortho intramolecular Hbond substituents is 1. The molecule has 0 unspecified atom stereocenters. The molecule has 0 saturated carbocycles. The van der Waals surface area contributed by atoms with Crippen LogP contribution >= 0.6 is 11.3 Å². The van der Waals surface area contributed by atoms with Crippen molar-refractivity contribution in [3.05, 3.63) is 23.2 Å². The van der Waals surface area contributed by atoms with Gasteiger partial charge in [0.2, 0.25) is 0 Å². The van der Waals surface area contributed by atoms with Crippen LogP contribution in [-0.2, 0) is 6.42 Å². The minimum absolute atomic E-state index is 0.314. The summed E-state index contributed by atoms with van der Waals surface area (Å²) in [6, 6.07) is 5.27. The number of hydrogen-bond acceptors (Lipinski definition) is 3. The maximum atomic E-state index is 9.19. The third-order valence-corrected chi connectivity index (χ3v) is 2.88.